The van der Waals surface area contributed by atoms with Crippen molar-refractivity contribution in [2.75, 3.05) is 0 Å². The standard InChI is InChI=1S/C8H9N/c1-3-5-8(4-2)6-7-9/h3-5H,1-2,9H2/b8-5+. The van der Waals surface area contributed by atoms with E-state index in [0.717, 1.165) is 5.57 Å². The first-order chi connectivity index (χ1) is 4.35. The smallest absolute Gasteiger partial charge is 0.0257 e. The Bertz CT molecular complexity index is 188. The highest BCUT2D eigenvalue weighted by Crippen LogP contribution is 1.91. The lowest BCUT2D eigenvalue weighted by molar-refractivity contribution is 1.70. The molecule has 9 heavy (non-hydrogen) atoms. The van der Waals surface area contributed by atoms with Gasteiger partial charge in [0.1, 0.15) is 0 Å². The van der Waals surface area contributed by atoms with Crippen molar-refractivity contribution in [2.45, 2.75) is 0 Å². The highest BCUT2D eigenvalue weighted by atomic mass is 14.5. The van der Waals surface area contributed by atoms with Crippen LogP contribution in [-0.2, 0) is 0 Å². The Morgan fingerprint density at radius 3 is 2.44 bits per heavy atom. The van der Waals surface area contributed by atoms with E-state index in [-0.39, 0.29) is 0 Å². The van der Waals surface area contributed by atoms with Gasteiger partial charge in [0, 0.05) is 11.6 Å². The van der Waals surface area contributed by atoms with Crippen molar-refractivity contribution >= 4 is 0 Å². The average molecular weight is 119 g/mol. The third kappa shape index (κ3) is 3.19. The summed E-state index contributed by atoms with van der Waals surface area (Å²) in [7, 11) is 0. The molecule has 0 bridgehead atoms. The van der Waals surface area contributed by atoms with Crippen molar-refractivity contribution in [3.05, 3.63) is 37.0 Å². The van der Waals surface area contributed by atoms with E-state index in [1.165, 1.54) is 0 Å². The van der Waals surface area contributed by atoms with Crippen LogP contribution in [0.15, 0.2) is 37.0 Å². The van der Waals surface area contributed by atoms with Gasteiger partial charge in [-0.25, -0.2) is 0 Å². The van der Waals surface area contributed by atoms with Crippen LogP contribution in [-0.4, -0.2) is 0 Å². The summed E-state index contributed by atoms with van der Waals surface area (Å²) in [5.74, 6) is 2.63. The molecule has 0 heterocycles. The Morgan fingerprint density at radius 2 is 2.11 bits per heavy atom. The molecule has 0 unspecified atom stereocenters. The van der Waals surface area contributed by atoms with Gasteiger partial charge in [0.25, 0.3) is 0 Å². The van der Waals surface area contributed by atoms with Crippen LogP contribution in [0.5, 0.6) is 0 Å². The molecule has 0 radical (unpaired) electrons. The first-order valence-corrected chi connectivity index (χ1v) is 2.52. The lowest BCUT2D eigenvalue weighted by Gasteiger charge is -1.81. The van der Waals surface area contributed by atoms with Crippen molar-refractivity contribution in [3.63, 3.8) is 0 Å². The van der Waals surface area contributed by atoms with Gasteiger partial charge in [-0.15, -0.1) is 0 Å². The molecule has 46 valence electrons. The molecule has 0 aromatic heterocycles. The molecule has 0 aliphatic carbocycles. The van der Waals surface area contributed by atoms with E-state index in [0.29, 0.717) is 0 Å². The Morgan fingerprint density at radius 1 is 1.44 bits per heavy atom. The van der Waals surface area contributed by atoms with Gasteiger partial charge in [-0.2, -0.15) is 0 Å². The fourth-order valence-corrected chi connectivity index (χ4v) is 0.371. The van der Waals surface area contributed by atoms with E-state index in [9.17, 15) is 0 Å². The molecule has 0 saturated carbocycles. The van der Waals surface area contributed by atoms with Gasteiger partial charge in [0.15, 0.2) is 0 Å². The summed E-state index contributed by atoms with van der Waals surface area (Å²) < 4.78 is 0. The molecule has 0 atom stereocenters. The zero-order valence-electron chi connectivity index (χ0n) is 5.22. The molecule has 1 nitrogen and oxygen atoms in total. The molecule has 0 saturated heterocycles. The minimum Gasteiger partial charge on any atom is -0.359 e. The van der Waals surface area contributed by atoms with Gasteiger partial charge in [-0.05, 0) is 12.0 Å². The van der Waals surface area contributed by atoms with Gasteiger partial charge in [-0.1, -0.05) is 25.3 Å². The van der Waals surface area contributed by atoms with Crippen LogP contribution in [0.3, 0.4) is 0 Å². The first-order valence-electron chi connectivity index (χ1n) is 2.52. The highest BCUT2D eigenvalue weighted by Gasteiger charge is 1.76. The molecule has 1 heteroatoms. The molecule has 0 spiro atoms. The molecule has 2 N–H and O–H groups in total. The molecule has 0 fully saturated rings. The maximum Gasteiger partial charge on any atom is 0.0257 e. The minimum atomic E-state index is 0.785. The minimum absolute atomic E-state index is 0.785. The lowest BCUT2D eigenvalue weighted by atomic mass is 10.2. The van der Waals surface area contributed by atoms with Gasteiger partial charge in [0.2, 0.25) is 0 Å². The molecule has 0 aliphatic rings. The van der Waals surface area contributed by atoms with E-state index in [2.05, 4.69) is 25.1 Å². The van der Waals surface area contributed by atoms with Crippen LogP contribution in [0.25, 0.3) is 0 Å². The molecule has 0 rings (SSSR count). The van der Waals surface area contributed by atoms with E-state index >= 15 is 0 Å². The van der Waals surface area contributed by atoms with Crippen LogP contribution >= 0.6 is 0 Å². The van der Waals surface area contributed by atoms with Crippen molar-refractivity contribution in [2.24, 2.45) is 5.73 Å². The summed E-state index contributed by atoms with van der Waals surface area (Å²) >= 11 is 0. The fraction of sp³-hybridized carbons (Fsp3) is 0. The van der Waals surface area contributed by atoms with Crippen LogP contribution in [0.4, 0.5) is 0 Å². The number of hydrogen-bond donors (Lipinski definition) is 1. The van der Waals surface area contributed by atoms with E-state index in [1.54, 1.807) is 18.2 Å². The van der Waals surface area contributed by atoms with E-state index in [1.807, 2.05) is 0 Å². The Labute approximate surface area is 55.6 Å². The monoisotopic (exact) mass is 119 g/mol. The molecule has 0 aliphatic heterocycles. The molecule has 0 amide bonds. The van der Waals surface area contributed by atoms with Crippen molar-refractivity contribution < 1.29 is 0 Å². The summed E-state index contributed by atoms with van der Waals surface area (Å²) in [6.45, 7) is 7.02. The molecule has 0 aromatic carbocycles. The third-order valence-electron chi connectivity index (χ3n) is 0.734. The van der Waals surface area contributed by atoms with E-state index < -0.39 is 0 Å². The van der Waals surface area contributed by atoms with Gasteiger partial charge < -0.3 is 5.73 Å². The maximum atomic E-state index is 4.95. The number of allylic oxidation sites excluding steroid dienone is 4. The zero-order chi connectivity index (χ0) is 7.11. The number of rotatable bonds is 2. The third-order valence-corrected chi connectivity index (χ3v) is 0.734. The first kappa shape index (κ1) is 7.58. The van der Waals surface area contributed by atoms with Crippen LogP contribution in [0, 0.1) is 12.0 Å². The van der Waals surface area contributed by atoms with E-state index in [4.69, 9.17) is 5.73 Å². The summed E-state index contributed by atoms with van der Waals surface area (Å²) in [6, 6.07) is 2.27. The Kier molecular flexibility index (Phi) is 3.99. The van der Waals surface area contributed by atoms with Gasteiger partial charge in [0.05, 0.1) is 0 Å². The number of hydrogen-bond acceptors (Lipinski definition) is 1. The fourth-order valence-electron chi connectivity index (χ4n) is 0.371. The molecular weight excluding hydrogens is 110 g/mol. The Balaban J connectivity index is 4.26. The maximum absolute atomic E-state index is 4.95. The van der Waals surface area contributed by atoms with Crippen LogP contribution in [0.1, 0.15) is 0 Å². The van der Waals surface area contributed by atoms with Crippen molar-refractivity contribution in [1.82, 2.24) is 0 Å². The summed E-state index contributed by atoms with van der Waals surface area (Å²) in [5, 5.41) is 0. The number of nitrogens with two attached hydrogens (primary N) is 1. The summed E-state index contributed by atoms with van der Waals surface area (Å²) in [5.41, 5.74) is 5.74. The topological polar surface area (TPSA) is 26.0 Å². The average Bonchev–Trinajstić information content (AvgIpc) is 1.88. The van der Waals surface area contributed by atoms with Gasteiger partial charge >= 0.3 is 0 Å². The second-order valence-electron chi connectivity index (χ2n) is 1.33. The second kappa shape index (κ2) is 4.73. The van der Waals surface area contributed by atoms with Crippen molar-refractivity contribution in [3.8, 4) is 12.0 Å². The predicted octanol–water partition coefficient (Wildman–Crippen LogP) is 1.20. The normalized spacial score (nSPS) is 9.11. The molecule has 0 aromatic rings. The van der Waals surface area contributed by atoms with Crippen molar-refractivity contribution in [1.29, 1.82) is 0 Å². The second-order valence-corrected chi connectivity index (χ2v) is 1.33. The SMILES string of the molecule is C=C/C=C(/C#CN)C=C. The zero-order valence-corrected chi connectivity index (χ0v) is 5.22. The lowest BCUT2D eigenvalue weighted by Crippen LogP contribution is -1.77. The van der Waals surface area contributed by atoms with Crippen LogP contribution in [0.2, 0.25) is 0 Å². The highest BCUT2D eigenvalue weighted by molar-refractivity contribution is 5.38. The Hall–Kier alpha value is -1.42. The predicted molar refractivity (Wildman–Crippen MR) is 40.4 cm³/mol. The van der Waals surface area contributed by atoms with Gasteiger partial charge in [-0.3, -0.25) is 0 Å². The van der Waals surface area contributed by atoms with Crippen LogP contribution < -0.4 is 5.73 Å². The largest absolute Gasteiger partial charge is 0.359 e. The molecular formula is C8H9N. The summed E-state index contributed by atoms with van der Waals surface area (Å²) in [4.78, 5) is 0. The summed E-state index contributed by atoms with van der Waals surface area (Å²) in [6.07, 6.45) is 5.01. The quantitative estimate of drug-likeness (QED) is 0.330.